The van der Waals surface area contributed by atoms with Crippen LogP contribution in [-0.2, 0) is 17.5 Å². The number of piperidine rings is 1. The van der Waals surface area contributed by atoms with Crippen molar-refractivity contribution in [2.75, 3.05) is 56.1 Å². The van der Waals surface area contributed by atoms with E-state index in [0.29, 0.717) is 25.9 Å². The minimum absolute atomic E-state index is 0.105. The largest absolute Gasteiger partial charge is 0.419 e. The SMILES string of the molecule is CN1CCN(c2ncccc2CNC(=O)C2CCCN(c3ncccc3C(F)(F)F)C2)CC1. The third kappa shape index (κ3) is 5.55. The van der Waals surface area contributed by atoms with E-state index < -0.39 is 17.7 Å². The predicted molar refractivity (Wildman–Crippen MR) is 120 cm³/mol. The number of alkyl halides is 3. The number of hydrogen-bond donors (Lipinski definition) is 1. The Morgan fingerprint density at radius 1 is 1.03 bits per heavy atom. The lowest BCUT2D eigenvalue weighted by Crippen LogP contribution is -2.45. The molecule has 2 aliphatic heterocycles. The van der Waals surface area contributed by atoms with Crippen molar-refractivity contribution < 1.29 is 18.0 Å². The number of carbonyl (C=O) groups excluding carboxylic acids is 1. The summed E-state index contributed by atoms with van der Waals surface area (Å²) in [7, 11) is 2.09. The summed E-state index contributed by atoms with van der Waals surface area (Å²) in [5.74, 6) is 0.217. The number of hydrogen-bond acceptors (Lipinski definition) is 6. The second kappa shape index (κ2) is 9.94. The molecule has 1 N–H and O–H groups in total. The zero-order chi connectivity index (χ0) is 23.4. The molecule has 2 aliphatic rings. The zero-order valence-electron chi connectivity index (χ0n) is 18.7. The molecule has 0 aliphatic carbocycles. The minimum atomic E-state index is -4.49. The van der Waals surface area contributed by atoms with Crippen molar-refractivity contribution in [2.45, 2.75) is 25.6 Å². The molecule has 4 rings (SSSR count). The Bertz CT molecular complexity index is 961. The lowest BCUT2D eigenvalue weighted by Gasteiger charge is -2.35. The first-order valence-electron chi connectivity index (χ1n) is 11.2. The average molecular weight is 463 g/mol. The number of anilines is 2. The molecule has 0 saturated carbocycles. The quantitative estimate of drug-likeness (QED) is 0.737. The fraction of sp³-hybridized carbons (Fsp3) is 0.522. The third-order valence-corrected chi connectivity index (χ3v) is 6.31. The fourth-order valence-electron chi connectivity index (χ4n) is 4.45. The van der Waals surface area contributed by atoms with E-state index in [4.69, 9.17) is 0 Å². The number of aromatic nitrogens is 2. The molecule has 0 spiro atoms. The Kier molecular flexibility index (Phi) is 7.02. The number of piperazine rings is 1. The van der Waals surface area contributed by atoms with Crippen LogP contribution in [0.1, 0.15) is 24.0 Å². The normalized spacial score (nSPS) is 20.1. The molecule has 2 fully saturated rings. The van der Waals surface area contributed by atoms with E-state index in [1.54, 1.807) is 11.1 Å². The number of rotatable bonds is 5. The van der Waals surface area contributed by atoms with Crippen LogP contribution in [0.3, 0.4) is 0 Å². The molecule has 1 amide bonds. The van der Waals surface area contributed by atoms with Crippen LogP contribution in [-0.4, -0.2) is 67.1 Å². The van der Waals surface area contributed by atoms with Gasteiger partial charge in [-0.3, -0.25) is 4.79 Å². The summed E-state index contributed by atoms with van der Waals surface area (Å²) < 4.78 is 40.3. The number of nitrogens with zero attached hydrogens (tertiary/aromatic N) is 5. The Hall–Kier alpha value is -2.88. The van der Waals surface area contributed by atoms with E-state index in [0.717, 1.165) is 43.6 Å². The van der Waals surface area contributed by atoms with Crippen molar-refractivity contribution in [3.05, 3.63) is 47.8 Å². The van der Waals surface area contributed by atoms with Gasteiger partial charge >= 0.3 is 6.18 Å². The monoisotopic (exact) mass is 462 g/mol. The number of amides is 1. The van der Waals surface area contributed by atoms with Gasteiger partial charge in [0.25, 0.3) is 0 Å². The standard InChI is InChI=1S/C23H29F3N6O/c1-30-11-13-31(14-12-30)20-17(5-2-8-27-20)15-29-22(33)18-6-4-10-32(16-18)21-19(23(24,25)26)7-3-9-28-21/h2-3,5,7-9,18H,4,6,10-16H2,1H3,(H,29,33). The van der Waals surface area contributed by atoms with Crippen LogP contribution >= 0.6 is 0 Å². The third-order valence-electron chi connectivity index (χ3n) is 6.31. The molecule has 178 valence electrons. The first-order chi connectivity index (χ1) is 15.8. The first-order valence-corrected chi connectivity index (χ1v) is 11.2. The molecule has 0 aromatic carbocycles. The molecule has 0 bridgehead atoms. The highest BCUT2D eigenvalue weighted by Crippen LogP contribution is 2.36. The molecule has 1 atom stereocenters. The summed E-state index contributed by atoms with van der Waals surface area (Å²) in [4.78, 5) is 27.5. The number of halogens is 3. The van der Waals surface area contributed by atoms with Crippen LogP contribution in [0.15, 0.2) is 36.7 Å². The average Bonchev–Trinajstić information content (AvgIpc) is 2.83. The van der Waals surface area contributed by atoms with E-state index in [2.05, 4.69) is 32.1 Å². The molecule has 10 heteroatoms. The Morgan fingerprint density at radius 2 is 1.73 bits per heavy atom. The van der Waals surface area contributed by atoms with Crippen molar-refractivity contribution in [3.8, 4) is 0 Å². The summed E-state index contributed by atoms with van der Waals surface area (Å²) >= 11 is 0. The van der Waals surface area contributed by atoms with Gasteiger partial charge in [0.2, 0.25) is 5.91 Å². The Morgan fingerprint density at radius 3 is 2.45 bits per heavy atom. The van der Waals surface area contributed by atoms with Gasteiger partial charge in [0.05, 0.1) is 11.5 Å². The van der Waals surface area contributed by atoms with Crippen LogP contribution in [0, 0.1) is 5.92 Å². The van der Waals surface area contributed by atoms with Crippen LogP contribution in [0.5, 0.6) is 0 Å². The summed E-state index contributed by atoms with van der Waals surface area (Å²) in [6.07, 6.45) is -0.112. The van der Waals surface area contributed by atoms with E-state index in [9.17, 15) is 18.0 Å². The number of likely N-dealkylation sites (N-methyl/N-ethyl adjacent to an activating group) is 1. The van der Waals surface area contributed by atoms with Crippen LogP contribution in [0.2, 0.25) is 0 Å². The summed E-state index contributed by atoms with van der Waals surface area (Å²) in [5, 5.41) is 2.99. The van der Waals surface area contributed by atoms with Gasteiger partial charge in [0.15, 0.2) is 0 Å². The van der Waals surface area contributed by atoms with Crippen LogP contribution < -0.4 is 15.1 Å². The topological polar surface area (TPSA) is 64.6 Å². The van der Waals surface area contributed by atoms with Crippen molar-refractivity contribution in [2.24, 2.45) is 5.92 Å². The highest BCUT2D eigenvalue weighted by atomic mass is 19.4. The summed E-state index contributed by atoms with van der Waals surface area (Å²) in [6.45, 7) is 4.64. The van der Waals surface area contributed by atoms with Gasteiger partial charge in [0, 0.05) is 63.8 Å². The lowest BCUT2D eigenvalue weighted by molar-refractivity contribution is -0.137. The summed E-state index contributed by atoms with van der Waals surface area (Å²) in [5.41, 5.74) is 0.172. The Labute approximate surface area is 191 Å². The summed E-state index contributed by atoms with van der Waals surface area (Å²) in [6, 6.07) is 6.13. The maximum absolute atomic E-state index is 13.4. The van der Waals surface area contributed by atoms with Crippen molar-refractivity contribution in [1.82, 2.24) is 20.2 Å². The molecule has 1 unspecified atom stereocenters. The number of pyridine rings is 2. The molecule has 2 aromatic rings. The second-order valence-electron chi connectivity index (χ2n) is 8.65. The molecule has 2 aromatic heterocycles. The van der Waals surface area contributed by atoms with Crippen molar-refractivity contribution >= 4 is 17.5 Å². The highest BCUT2D eigenvalue weighted by molar-refractivity contribution is 5.79. The Balaban J connectivity index is 1.40. The van der Waals surface area contributed by atoms with E-state index in [-0.39, 0.29) is 18.3 Å². The van der Waals surface area contributed by atoms with Gasteiger partial charge in [-0.1, -0.05) is 6.07 Å². The fourth-order valence-corrected chi connectivity index (χ4v) is 4.45. The molecular formula is C23H29F3N6O. The zero-order valence-corrected chi connectivity index (χ0v) is 18.7. The molecule has 7 nitrogen and oxygen atoms in total. The molecular weight excluding hydrogens is 433 g/mol. The van der Waals surface area contributed by atoms with Gasteiger partial charge in [-0.25, -0.2) is 9.97 Å². The second-order valence-corrected chi connectivity index (χ2v) is 8.65. The van der Waals surface area contributed by atoms with Crippen LogP contribution in [0.4, 0.5) is 24.8 Å². The molecule has 4 heterocycles. The van der Waals surface area contributed by atoms with E-state index in [1.165, 1.54) is 12.3 Å². The van der Waals surface area contributed by atoms with Gasteiger partial charge in [-0.15, -0.1) is 0 Å². The van der Waals surface area contributed by atoms with Gasteiger partial charge < -0.3 is 20.0 Å². The smallest absolute Gasteiger partial charge is 0.355 e. The van der Waals surface area contributed by atoms with Gasteiger partial charge in [0.1, 0.15) is 11.6 Å². The van der Waals surface area contributed by atoms with E-state index >= 15 is 0 Å². The molecule has 2 saturated heterocycles. The van der Waals surface area contributed by atoms with Gasteiger partial charge in [-0.2, -0.15) is 13.2 Å². The van der Waals surface area contributed by atoms with Crippen LogP contribution in [0.25, 0.3) is 0 Å². The highest BCUT2D eigenvalue weighted by Gasteiger charge is 2.37. The van der Waals surface area contributed by atoms with Crippen molar-refractivity contribution in [1.29, 1.82) is 0 Å². The maximum Gasteiger partial charge on any atom is 0.419 e. The number of carbonyl (C=O) groups is 1. The maximum atomic E-state index is 13.4. The van der Waals surface area contributed by atoms with Crippen molar-refractivity contribution in [3.63, 3.8) is 0 Å². The van der Waals surface area contributed by atoms with E-state index in [1.807, 2.05) is 12.1 Å². The lowest BCUT2D eigenvalue weighted by atomic mass is 9.96. The minimum Gasteiger partial charge on any atom is -0.355 e. The molecule has 33 heavy (non-hydrogen) atoms. The number of nitrogens with one attached hydrogen (secondary N) is 1. The molecule has 0 radical (unpaired) electrons. The first kappa shape index (κ1) is 23.3. The van der Waals surface area contributed by atoms with Gasteiger partial charge in [-0.05, 0) is 38.1 Å². The predicted octanol–water partition coefficient (Wildman–Crippen LogP) is 2.78.